The van der Waals surface area contributed by atoms with Gasteiger partial charge in [-0.3, -0.25) is 19.0 Å². The minimum Gasteiger partial charge on any atom is -0.352 e. The van der Waals surface area contributed by atoms with Gasteiger partial charge in [0.05, 0.1) is 18.3 Å². The van der Waals surface area contributed by atoms with E-state index in [-0.39, 0.29) is 36.5 Å². The third-order valence-electron chi connectivity index (χ3n) is 5.34. The second kappa shape index (κ2) is 7.07. The van der Waals surface area contributed by atoms with Crippen LogP contribution < -0.4 is 10.9 Å². The molecule has 0 aliphatic heterocycles. The molecule has 2 aliphatic rings. The van der Waals surface area contributed by atoms with Crippen LogP contribution in [0.15, 0.2) is 11.1 Å². The highest BCUT2D eigenvalue weighted by Crippen LogP contribution is 2.35. The van der Waals surface area contributed by atoms with Gasteiger partial charge in [0.1, 0.15) is 11.4 Å². The van der Waals surface area contributed by atoms with Crippen molar-refractivity contribution in [1.29, 1.82) is 0 Å². The SMILES string of the molecule is C[C@@H]1CCc2c(sc3ncn(CC(=O)N(C)CC(=O)NC4CC4)c(=O)c23)C1. The smallest absolute Gasteiger partial charge is 0.262 e. The number of hydrogen-bond donors (Lipinski definition) is 1. The molecule has 7 nitrogen and oxygen atoms in total. The second-order valence-electron chi connectivity index (χ2n) is 7.80. The van der Waals surface area contributed by atoms with Crippen molar-refractivity contribution < 1.29 is 9.59 Å². The van der Waals surface area contributed by atoms with E-state index in [1.54, 1.807) is 18.4 Å². The molecule has 2 heterocycles. The van der Waals surface area contributed by atoms with Crippen LogP contribution in [0, 0.1) is 5.92 Å². The molecule has 0 unspecified atom stereocenters. The van der Waals surface area contributed by atoms with Crippen LogP contribution in [0.2, 0.25) is 0 Å². The average molecular weight is 388 g/mol. The van der Waals surface area contributed by atoms with Gasteiger partial charge in [0, 0.05) is 18.0 Å². The molecule has 8 heteroatoms. The summed E-state index contributed by atoms with van der Waals surface area (Å²) in [7, 11) is 1.58. The van der Waals surface area contributed by atoms with Gasteiger partial charge in [-0.05, 0) is 43.6 Å². The lowest BCUT2D eigenvalue weighted by atomic mass is 9.89. The quantitative estimate of drug-likeness (QED) is 0.837. The van der Waals surface area contributed by atoms with E-state index in [0.29, 0.717) is 11.3 Å². The zero-order valence-electron chi connectivity index (χ0n) is 15.7. The maximum atomic E-state index is 13.0. The first-order valence-electron chi connectivity index (χ1n) is 9.45. The predicted molar refractivity (Wildman–Crippen MR) is 104 cm³/mol. The molecule has 1 saturated carbocycles. The molecule has 2 aliphatic carbocycles. The molecular formula is C19H24N4O3S. The highest BCUT2D eigenvalue weighted by atomic mass is 32.1. The molecule has 2 aromatic heterocycles. The van der Waals surface area contributed by atoms with Crippen molar-refractivity contribution in [2.24, 2.45) is 5.92 Å². The summed E-state index contributed by atoms with van der Waals surface area (Å²) in [6.07, 6.45) is 6.43. The predicted octanol–water partition coefficient (Wildman–Crippen LogP) is 1.32. The van der Waals surface area contributed by atoms with Gasteiger partial charge in [0.2, 0.25) is 11.8 Å². The topological polar surface area (TPSA) is 84.3 Å². The number of rotatable bonds is 5. The van der Waals surface area contributed by atoms with Crippen molar-refractivity contribution in [3.8, 4) is 0 Å². The van der Waals surface area contributed by atoms with Crippen molar-refractivity contribution in [3.05, 3.63) is 27.1 Å². The zero-order chi connectivity index (χ0) is 19.1. The number of nitrogens with one attached hydrogen (secondary N) is 1. The van der Waals surface area contributed by atoms with Crippen LogP contribution >= 0.6 is 11.3 Å². The van der Waals surface area contributed by atoms with Crippen LogP contribution in [0.5, 0.6) is 0 Å². The summed E-state index contributed by atoms with van der Waals surface area (Å²) in [4.78, 5) is 45.1. The molecule has 0 saturated heterocycles. The monoisotopic (exact) mass is 388 g/mol. The van der Waals surface area contributed by atoms with Gasteiger partial charge in [0.25, 0.3) is 5.56 Å². The van der Waals surface area contributed by atoms with Crippen molar-refractivity contribution in [2.75, 3.05) is 13.6 Å². The molecule has 0 aromatic carbocycles. The molecule has 1 N–H and O–H groups in total. The molecule has 0 spiro atoms. The number of carbonyl (C=O) groups excluding carboxylic acids is 2. The number of thiophene rings is 1. The van der Waals surface area contributed by atoms with Gasteiger partial charge in [0.15, 0.2) is 0 Å². The third-order valence-corrected chi connectivity index (χ3v) is 6.50. The Bertz CT molecular complexity index is 960. The molecule has 4 rings (SSSR count). The van der Waals surface area contributed by atoms with Crippen LogP contribution in [-0.2, 0) is 29.0 Å². The highest BCUT2D eigenvalue weighted by molar-refractivity contribution is 7.18. The first-order valence-corrected chi connectivity index (χ1v) is 10.3. The lowest BCUT2D eigenvalue weighted by Gasteiger charge is -2.18. The van der Waals surface area contributed by atoms with Gasteiger partial charge in [-0.2, -0.15) is 0 Å². The van der Waals surface area contributed by atoms with Crippen molar-refractivity contribution in [1.82, 2.24) is 19.8 Å². The van der Waals surface area contributed by atoms with E-state index in [4.69, 9.17) is 0 Å². The normalized spacial score (nSPS) is 19.0. The van der Waals surface area contributed by atoms with Gasteiger partial charge in [-0.1, -0.05) is 6.92 Å². The number of carbonyl (C=O) groups is 2. The van der Waals surface area contributed by atoms with E-state index in [9.17, 15) is 14.4 Å². The van der Waals surface area contributed by atoms with Gasteiger partial charge >= 0.3 is 0 Å². The Hall–Kier alpha value is -2.22. The van der Waals surface area contributed by atoms with Crippen molar-refractivity contribution in [3.63, 3.8) is 0 Å². The summed E-state index contributed by atoms with van der Waals surface area (Å²) in [6.45, 7) is 2.13. The van der Waals surface area contributed by atoms with Gasteiger partial charge < -0.3 is 10.2 Å². The number of amides is 2. The average Bonchev–Trinajstić information content (AvgIpc) is 3.34. The van der Waals surface area contributed by atoms with E-state index < -0.39 is 0 Å². The molecule has 1 fully saturated rings. The summed E-state index contributed by atoms with van der Waals surface area (Å²) in [5.74, 6) is 0.196. The maximum absolute atomic E-state index is 13.0. The number of fused-ring (bicyclic) bond motifs is 3. The lowest BCUT2D eigenvalue weighted by Crippen LogP contribution is -2.41. The Kier molecular flexibility index (Phi) is 4.75. The minimum atomic E-state index is -0.276. The molecule has 2 amide bonds. The van der Waals surface area contributed by atoms with Gasteiger partial charge in [-0.25, -0.2) is 4.98 Å². The summed E-state index contributed by atoms with van der Waals surface area (Å²) in [5.41, 5.74) is 0.959. The maximum Gasteiger partial charge on any atom is 0.262 e. The molecule has 1 atom stereocenters. The standard InChI is InChI=1S/C19H24N4O3S/c1-11-3-6-13-14(7-11)27-18-17(13)19(26)23(10-20-18)9-16(25)22(2)8-15(24)21-12-4-5-12/h10-12H,3-9H2,1-2H3,(H,21,24)/t11-/m1/s1. The lowest BCUT2D eigenvalue weighted by molar-refractivity contribution is -0.135. The van der Waals surface area contributed by atoms with Gasteiger partial charge in [-0.15, -0.1) is 11.3 Å². The Labute approximate surface area is 161 Å². The second-order valence-corrected chi connectivity index (χ2v) is 8.88. The first-order chi connectivity index (χ1) is 12.9. The highest BCUT2D eigenvalue weighted by Gasteiger charge is 2.25. The number of likely N-dealkylation sites (N-methyl/N-ethyl adjacent to an activating group) is 1. The number of nitrogens with zero attached hydrogens (tertiary/aromatic N) is 3. The van der Waals surface area contributed by atoms with Crippen LogP contribution in [0.25, 0.3) is 10.2 Å². The Morgan fingerprint density at radius 1 is 1.37 bits per heavy atom. The molecular weight excluding hydrogens is 364 g/mol. The van der Waals surface area contributed by atoms with E-state index >= 15 is 0 Å². The summed E-state index contributed by atoms with van der Waals surface area (Å²) < 4.78 is 1.37. The number of hydrogen-bond acceptors (Lipinski definition) is 5. The fourth-order valence-electron chi connectivity index (χ4n) is 3.55. The van der Waals surface area contributed by atoms with Crippen LogP contribution in [0.1, 0.15) is 36.6 Å². The summed E-state index contributed by atoms with van der Waals surface area (Å²) >= 11 is 1.60. The molecule has 0 radical (unpaired) electrons. The van der Waals surface area contributed by atoms with Crippen LogP contribution in [-0.4, -0.2) is 45.9 Å². The molecule has 144 valence electrons. The first kappa shape index (κ1) is 18.2. The number of aromatic nitrogens is 2. The van der Waals surface area contributed by atoms with E-state index in [1.807, 2.05) is 0 Å². The van der Waals surface area contributed by atoms with Crippen LogP contribution in [0.3, 0.4) is 0 Å². The van der Waals surface area contributed by atoms with Crippen molar-refractivity contribution >= 4 is 33.4 Å². The Morgan fingerprint density at radius 2 is 2.15 bits per heavy atom. The fourth-order valence-corrected chi connectivity index (χ4v) is 4.89. The molecule has 0 bridgehead atoms. The minimum absolute atomic E-state index is 0.00545. The zero-order valence-corrected chi connectivity index (χ0v) is 16.5. The molecule has 27 heavy (non-hydrogen) atoms. The number of aryl methyl sites for hydroxylation is 1. The van der Waals surface area contributed by atoms with E-state index in [0.717, 1.165) is 42.5 Å². The summed E-state index contributed by atoms with van der Waals surface area (Å²) in [6, 6.07) is 0.266. The fraction of sp³-hybridized carbons (Fsp3) is 0.579. The van der Waals surface area contributed by atoms with Crippen molar-refractivity contribution in [2.45, 2.75) is 51.6 Å². The summed E-state index contributed by atoms with van der Waals surface area (Å²) in [5, 5.41) is 3.53. The Balaban J connectivity index is 1.51. The largest absolute Gasteiger partial charge is 0.352 e. The molecule has 2 aromatic rings. The Morgan fingerprint density at radius 3 is 2.89 bits per heavy atom. The van der Waals surface area contributed by atoms with E-state index in [1.165, 1.54) is 20.7 Å². The van der Waals surface area contributed by atoms with Crippen LogP contribution in [0.4, 0.5) is 0 Å². The third kappa shape index (κ3) is 3.76. The van der Waals surface area contributed by atoms with E-state index in [2.05, 4.69) is 17.2 Å².